The second-order valence-electron chi connectivity index (χ2n) is 6.57. The molecule has 3 rings (SSSR count). The van der Waals surface area contributed by atoms with Gasteiger partial charge in [0.15, 0.2) is 0 Å². The van der Waals surface area contributed by atoms with Crippen LogP contribution in [0.5, 0.6) is 0 Å². The number of nitrogens with zero attached hydrogens (tertiary/aromatic N) is 1. The maximum Gasteiger partial charge on any atom is 0.238 e. The highest BCUT2D eigenvalue weighted by atomic mass is 32.2. The lowest BCUT2D eigenvalue weighted by molar-refractivity contribution is -0.122. The third kappa shape index (κ3) is 4.49. The molecule has 0 saturated carbocycles. The SMILES string of the molecule is C[C@H]1CCCCN1Cc1ccccc1CNC(=O)[C@H]1CSCN1. The van der Waals surface area contributed by atoms with Crippen molar-refractivity contribution in [2.75, 3.05) is 18.2 Å². The number of piperidine rings is 1. The van der Waals surface area contributed by atoms with Gasteiger partial charge in [0.1, 0.15) is 0 Å². The van der Waals surface area contributed by atoms with Gasteiger partial charge in [0.2, 0.25) is 5.91 Å². The van der Waals surface area contributed by atoms with Crippen molar-refractivity contribution >= 4 is 17.7 Å². The zero-order valence-electron chi connectivity index (χ0n) is 13.9. The molecule has 0 bridgehead atoms. The van der Waals surface area contributed by atoms with E-state index in [-0.39, 0.29) is 11.9 Å². The Balaban J connectivity index is 1.59. The summed E-state index contributed by atoms with van der Waals surface area (Å²) in [6.45, 7) is 5.13. The van der Waals surface area contributed by atoms with Crippen molar-refractivity contribution in [3.63, 3.8) is 0 Å². The highest BCUT2D eigenvalue weighted by Gasteiger charge is 2.23. The van der Waals surface area contributed by atoms with Gasteiger partial charge < -0.3 is 5.32 Å². The van der Waals surface area contributed by atoms with Crippen LogP contribution >= 0.6 is 11.8 Å². The van der Waals surface area contributed by atoms with Gasteiger partial charge in [-0.1, -0.05) is 30.7 Å². The number of amides is 1. The fraction of sp³-hybridized carbons (Fsp3) is 0.611. The van der Waals surface area contributed by atoms with Crippen LogP contribution in [0.3, 0.4) is 0 Å². The molecule has 126 valence electrons. The summed E-state index contributed by atoms with van der Waals surface area (Å²) in [5.74, 6) is 1.87. The summed E-state index contributed by atoms with van der Waals surface area (Å²) >= 11 is 1.78. The average molecular weight is 334 g/mol. The van der Waals surface area contributed by atoms with E-state index in [4.69, 9.17) is 0 Å². The molecule has 2 atom stereocenters. The molecule has 0 radical (unpaired) electrons. The van der Waals surface area contributed by atoms with Crippen molar-refractivity contribution in [3.05, 3.63) is 35.4 Å². The van der Waals surface area contributed by atoms with Gasteiger partial charge in [-0.2, -0.15) is 0 Å². The second-order valence-corrected chi connectivity index (χ2v) is 7.60. The van der Waals surface area contributed by atoms with E-state index in [1.807, 2.05) is 0 Å². The number of hydrogen-bond donors (Lipinski definition) is 2. The molecule has 2 aliphatic rings. The Bertz CT molecular complexity index is 531. The number of nitrogens with one attached hydrogen (secondary N) is 2. The first-order valence-electron chi connectivity index (χ1n) is 8.63. The van der Waals surface area contributed by atoms with E-state index in [1.165, 1.54) is 36.9 Å². The Labute approximate surface area is 143 Å². The molecule has 0 spiro atoms. The lowest BCUT2D eigenvalue weighted by Crippen LogP contribution is -2.42. The summed E-state index contributed by atoms with van der Waals surface area (Å²) < 4.78 is 0. The lowest BCUT2D eigenvalue weighted by atomic mass is 10.0. The smallest absolute Gasteiger partial charge is 0.238 e. The topological polar surface area (TPSA) is 44.4 Å². The first-order valence-corrected chi connectivity index (χ1v) is 9.79. The first-order chi connectivity index (χ1) is 11.2. The van der Waals surface area contributed by atoms with Crippen LogP contribution in [0, 0.1) is 0 Å². The number of hydrogen-bond acceptors (Lipinski definition) is 4. The van der Waals surface area contributed by atoms with Gasteiger partial charge in [0.25, 0.3) is 0 Å². The van der Waals surface area contributed by atoms with Crippen LogP contribution in [0.25, 0.3) is 0 Å². The fourth-order valence-electron chi connectivity index (χ4n) is 3.36. The van der Waals surface area contributed by atoms with Crippen LogP contribution in [0.1, 0.15) is 37.3 Å². The number of carbonyl (C=O) groups excluding carboxylic acids is 1. The van der Waals surface area contributed by atoms with E-state index in [1.54, 1.807) is 11.8 Å². The van der Waals surface area contributed by atoms with Crippen molar-refractivity contribution in [1.29, 1.82) is 0 Å². The quantitative estimate of drug-likeness (QED) is 0.868. The van der Waals surface area contributed by atoms with E-state index in [9.17, 15) is 4.79 Å². The molecule has 2 saturated heterocycles. The molecular weight excluding hydrogens is 306 g/mol. The molecule has 0 unspecified atom stereocenters. The van der Waals surface area contributed by atoms with Crippen LogP contribution < -0.4 is 10.6 Å². The standard InChI is InChI=1S/C18H27N3OS/c1-14-6-4-5-9-21(14)11-16-8-3-2-7-15(16)10-19-18(22)17-12-23-13-20-17/h2-3,7-8,14,17,20H,4-6,9-13H2,1H3,(H,19,22)/t14-,17+/m0/s1. The number of benzene rings is 1. The minimum atomic E-state index is -0.0331. The number of rotatable bonds is 5. The molecule has 2 N–H and O–H groups in total. The van der Waals surface area contributed by atoms with Crippen LogP contribution in [0.4, 0.5) is 0 Å². The van der Waals surface area contributed by atoms with Gasteiger partial charge >= 0.3 is 0 Å². The summed E-state index contributed by atoms with van der Waals surface area (Å²) in [7, 11) is 0. The first kappa shape index (κ1) is 16.8. The molecule has 2 aliphatic heterocycles. The Morgan fingerprint density at radius 1 is 1.35 bits per heavy atom. The maximum absolute atomic E-state index is 12.2. The Hall–Kier alpha value is -1.04. The Kier molecular flexibility index (Phi) is 5.97. The third-order valence-electron chi connectivity index (χ3n) is 4.92. The van der Waals surface area contributed by atoms with Crippen molar-refractivity contribution in [2.24, 2.45) is 0 Å². The van der Waals surface area contributed by atoms with Crippen LogP contribution in [0.15, 0.2) is 24.3 Å². The highest BCUT2D eigenvalue weighted by Crippen LogP contribution is 2.21. The van der Waals surface area contributed by atoms with Gasteiger partial charge in [-0.15, -0.1) is 11.8 Å². The number of thioether (sulfide) groups is 1. The largest absolute Gasteiger partial charge is 0.351 e. The van der Waals surface area contributed by atoms with Gasteiger partial charge in [0.05, 0.1) is 6.04 Å². The highest BCUT2D eigenvalue weighted by molar-refractivity contribution is 7.99. The maximum atomic E-state index is 12.2. The van der Waals surface area contributed by atoms with Crippen LogP contribution in [-0.4, -0.2) is 41.1 Å². The predicted molar refractivity (Wildman–Crippen MR) is 96.3 cm³/mol. The zero-order chi connectivity index (χ0) is 16.1. The van der Waals surface area contributed by atoms with E-state index in [0.29, 0.717) is 12.6 Å². The second kappa shape index (κ2) is 8.18. The van der Waals surface area contributed by atoms with Gasteiger partial charge in [-0.05, 0) is 37.4 Å². The summed E-state index contributed by atoms with van der Waals surface area (Å²) in [5.41, 5.74) is 2.58. The normalized spacial score (nSPS) is 25.4. The molecular formula is C18H27N3OS. The van der Waals surface area contributed by atoms with E-state index in [0.717, 1.165) is 18.2 Å². The van der Waals surface area contributed by atoms with Gasteiger partial charge in [-0.25, -0.2) is 0 Å². The fourth-order valence-corrected chi connectivity index (χ4v) is 4.31. The minimum absolute atomic E-state index is 0.0331. The number of likely N-dealkylation sites (tertiary alicyclic amines) is 1. The predicted octanol–water partition coefficient (Wildman–Crippen LogP) is 2.34. The molecule has 1 aromatic rings. The van der Waals surface area contributed by atoms with Crippen molar-refractivity contribution in [1.82, 2.24) is 15.5 Å². The van der Waals surface area contributed by atoms with Gasteiger partial charge in [0, 0.05) is 30.8 Å². The Morgan fingerprint density at radius 3 is 2.91 bits per heavy atom. The third-order valence-corrected chi connectivity index (χ3v) is 5.86. The van der Waals surface area contributed by atoms with Crippen molar-refractivity contribution in [3.8, 4) is 0 Å². The van der Waals surface area contributed by atoms with Crippen LogP contribution in [-0.2, 0) is 17.9 Å². The van der Waals surface area contributed by atoms with E-state index >= 15 is 0 Å². The van der Waals surface area contributed by atoms with Crippen molar-refractivity contribution in [2.45, 2.75) is 51.4 Å². The molecule has 2 fully saturated rings. The zero-order valence-corrected chi connectivity index (χ0v) is 14.7. The Morgan fingerprint density at radius 2 is 2.17 bits per heavy atom. The average Bonchev–Trinajstić information content (AvgIpc) is 3.10. The van der Waals surface area contributed by atoms with E-state index < -0.39 is 0 Å². The summed E-state index contributed by atoms with van der Waals surface area (Å²) in [5, 5.41) is 6.32. The van der Waals surface area contributed by atoms with Crippen molar-refractivity contribution < 1.29 is 4.79 Å². The summed E-state index contributed by atoms with van der Waals surface area (Å²) in [6, 6.07) is 9.13. The van der Waals surface area contributed by atoms with Gasteiger partial charge in [-0.3, -0.25) is 15.0 Å². The monoisotopic (exact) mass is 333 g/mol. The molecule has 23 heavy (non-hydrogen) atoms. The number of carbonyl (C=O) groups is 1. The molecule has 5 heteroatoms. The molecule has 1 amide bonds. The summed E-state index contributed by atoms with van der Waals surface area (Å²) in [4.78, 5) is 14.7. The summed E-state index contributed by atoms with van der Waals surface area (Å²) in [6.07, 6.45) is 3.94. The van der Waals surface area contributed by atoms with E-state index in [2.05, 4.69) is 46.7 Å². The molecule has 4 nitrogen and oxygen atoms in total. The molecule has 1 aromatic carbocycles. The molecule has 2 heterocycles. The minimum Gasteiger partial charge on any atom is -0.351 e. The molecule has 0 aliphatic carbocycles. The lowest BCUT2D eigenvalue weighted by Gasteiger charge is -2.33. The molecule has 0 aromatic heterocycles. The van der Waals surface area contributed by atoms with Crippen LogP contribution in [0.2, 0.25) is 0 Å².